The summed E-state index contributed by atoms with van der Waals surface area (Å²) >= 11 is -0.472. The molecule has 0 bridgehead atoms. The van der Waals surface area contributed by atoms with E-state index in [2.05, 4.69) is 0 Å². The second-order valence-corrected chi connectivity index (χ2v) is 5.78. The van der Waals surface area contributed by atoms with Gasteiger partial charge < -0.3 is 33.7 Å². The zero-order valence-corrected chi connectivity index (χ0v) is 14.0. The predicted octanol–water partition coefficient (Wildman–Crippen LogP) is 4.94. The van der Waals surface area contributed by atoms with Crippen LogP contribution in [0.3, 0.4) is 0 Å². The Bertz CT molecular complexity index is 435. The van der Waals surface area contributed by atoms with Crippen LogP contribution in [0.2, 0.25) is 0 Å². The molecule has 132 valence electrons. The number of nitro benzene ring substituents is 2. The maximum atomic E-state index is 10.3. The van der Waals surface area contributed by atoms with Gasteiger partial charge in [-0.05, 0) is 0 Å². The van der Waals surface area contributed by atoms with Crippen LogP contribution < -0.4 is 5.43 Å². The normalized spacial score (nSPS) is 7.59. The number of non-ortho nitro benzene ring substituents is 2. The summed E-state index contributed by atoms with van der Waals surface area (Å²) in [5.74, 6) is 6.72. The fraction of sp³-hybridized carbons (Fsp3) is 0. The van der Waals surface area contributed by atoms with Gasteiger partial charge in [-0.15, -0.1) is 5.34 Å². The van der Waals surface area contributed by atoms with Gasteiger partial charge in [-0.3, -0.25) is 20.2 Å². The van der Waals surface area contributed by atoms with Gasteiger partial charge in [0.2, 0.25) is 0 Å². The molecule has 0 aliphatic heterocycles. The summed E-state index contributed by atoms with van der Waals surface area (Å²) in [5, 5.41) is 29.7. The largest absolute Gasteiger partial charge is 0.693 e. The molecule has 1 aromatic rings. The molecular weight excluding hydrogens is 532 g/mol. The molecule has 0 radical (unpaired) electrons. The second-order valence-electron chi connectivity index (χ2n) is 2.50. The first kappa shape index (κ1) is 28.5. The molecule has 0 amide bonds. The van der Waals surface area contributed by atoms with E-state index in [1.165, 1.54) is 0 Å². The number of nitro groups is 2. The molecular formula is C6H9Cl2N7O6Pt-4. The minimum atomic E-state index is -0.756. The Kier molecular flexibility index (Phi) is 22.6. The van der Waals surface area contributed by atoms with Crippen LogP contribution in [0.5, 0.6) is 0 Å². The number of rotatable bonds is 3. The molecule has 0 saturated heterocycles. The molecule has 0 atom stereocenters. The molecule has 22 heavy (non-hydrogen) atoms. The summed E-state index contributed by atoms with van der Waals surface area (Å²) in [6.45, 7) is 0. The molecule has 0 spiro atoms. The Morgan fingerprint density at radius 2 is 1.36 bits per heavy atom. The van der Waals surface area contributed by atoms with Crippen LogP contribution in [0.15, 0.2) is 23.5 Å². The van der Waals surface area contributed by atoms with Gasteiger partial charge in [-0.25, -0.2) is 0 Å². The van der Waals surface area contributed by atoms with Crippen molar-refractivity contribution in [3.05, 3.63) is 66.7 Å². The fourth-order valence-corrected chi connectivity index (χ4v) is 0.878. The monoisotopic (exact) mass is 540 g/mol. The molecule has 0 fully saturated rings. The van der Waals surface area contributed by atoms with E-state index in [0.29, 0.717) is 0 Å². The van der Waals surface area contributed by atoms with E-state index in [-0.39, 0.29) is 18.0 Å². The molecule has 16 heteroatoms. The zero-order valence-electron chi connectivity index (χ0n) is 10.3. The molecule has 1 rings (SSSR count). The van der Waals surface area contributed by atoms with E-state index in [9.17, 15) is 20.2 Å². The van der Waals surface area contributed by atoms with Crippen LogP contribution in [-0.2, 0) is 16.5 Å². The Balaban J connectivity index is -0.000000176. The summed E-state index contributed by atoms with van der Waals surface area (Å²) in [6, 6.07) is 2.92. The van der Waals surface area contributed by atoms with E-state index in [1.807, 2.05) is 5.43 Å². The van der Waals surface area contributed by atoms with Gasteiger partial charge in [0.05, 0.1) is 15.9 Å². The number of hydrogen-bond donors (Lipinski definition) is 1. The van der Waals surface area contributed by atoms with E-state index in [1.54, 1.807) is 0 Å². The van der Waals surface area contributed by atoms with Crippen LogP contribution in [0.1, 0.15) is 0 Å². The molecule has 0 aliphatic carbocycles. The number of anilines is 1. The van der Waals surface area contributed by atoms with Crippen molar-refractivity contribution in [3.63, 3.8) is 0 Å². The van der Waals surface area contributed by atoms with Crippen LogP contribution in [-0.4, -0.2) is 9.85 Å². The first-order valence-electron chi connectivity index (χ1n) is 4.01. The maximum Gasteiger partial charge on any atom is 0.278 e. The van der Waals surface area contributed by atoms with Crippen molar-refractivity contribution in [2.24, 2.45) is 5.34 Å². The molecule has 0 heterocycles. The van der Waals surface area contributed by atoms with Crippen molar-refractivity contribution in [2.45, 2.75) is 0 Å². The number of halogens is 2. The minimum absolute atomic E-state index is 0. The zero-order chi connectivity index (χ0) is 16.1. The molecule has 6 N–H and O–H groups in total. The minimum Gasteiger partial charge on any atom is -0.693 e. The molecule has 0 unspecified atom stereocenters. The van der Waals surface area contributed by atoms with Crippen molar-refractivity contribution in [1.82, 2.24) is 0 Å². The number of nitrogens with zero attached hydrogens (tertiary/aromatic N) is 3. The molecule has 0 aliphatic rings. The fourth-order valence-electron chi connectivity index (χ4n) is 0.878. The van der Waals surface area contributed by atoms with Gasteiger partial charge in [0.25, 0.3) is 11.4 Å². The van der Waals surface area contributed by atoms with Gasteiger partial charge in [-0.2, -0.15) is 0 Å². The van der Waals surface area contributed by atoms with Crippen molar-refractivity contribution in [3.8, 4) is 0 Å². The third-order valence-electron chi connectivity index (χ3n) is 1.47. The van der Waals surface area contributed by atoms with Gasteiger partial charge in [0.15, 0.2) is 0 Å². The van der Waals surface area contributed by atoms with Crippen LogP contribution in [0.25, 0.3) is 18.1 Å². The summed E-state index contributed by atoms with van der Waals surface area (Å²) in [7, 11) is 9.75. The van der Waals surface area contributed by atoms with Crippen molar-refractivity contribution >= 4 is 35.9 Å². The van der Waals surface area contributed by atoms with Crippen LogP contribution in [0.4, 0.5) is 17.1 Å². The first-order valence-corrected chi connectivity index (χ1v) is 9.64. The topological polar surface area (TPSA) is 242 Å². The Morgan fingerprint density at radius 3 is 1.55 bits per heavy atom. The van der Waals surface area contributed by atoms with Gasteiger partial charge in [-0.1, -0.05) is 0 Å². The Morgan fingerprint density at radius 1 is 1.09 bits per heavy atom. The van der Waals surface area contributed by atoms with Crippen LogP contribution >= 0.6 is 18.8 Å². The second kappa shape index (κ2) is 17.4. The number of benzene rings is 1. The van der Waals surface area contributed by atoms with Crippen LogP contribution in [0, 0.1) is 30.3 Å². The molecule has 13 nitrogen and oxygen atoms in total. The third-order valence-corrected chi connectivity index (χ3v) is 1.47. The average molecular weight is 541 g/mol. The van der Waals surface area contributed by atoms with Gasteiger partial charge in [0.1, 0.15) is 0 Å². The Hall–Kier alpha value is -1.63. The average Bonchev–Trinajstić information content (AvgIpc) is 2.39. The molecule has 0 aromatic heterocycles. The standard InChI is InChI=1S/C6H5N4O4.2ClH.HNO2.2H2N.Pt/c7-8-4-1-5(9(11)12)3-6(2-4)10(13)14;;;2-1-3;;;/h1-3,7-8H;2*1H;(H,2,3);2*1H2;/q-1;;;;2*-1;+2/p-3. The summed E-state index contributed by atoms with van der Waals surface area (Å²) < 4.78 is 0. The van der Waals surface area contributed by atoms with E-state index < -0.39 is 37.7 Å². The first-order chi connectivity index (χ1) is 9.37. The summed E-state index contributed by atoms with van der Waals surface area (Å²) in [4.78, 5) is 27.2. The van der Waals surface area contributed by atoms with E-state index in [0.717, 1.165) is 23.5 Å². The van der Waals surface area contributed by atoms with Crippen molar-refractivity contribution in [1.29, 1.82) is 0 Å². The van der Waals surface area contributed by atoms with E-state index >= 15 is 0 Å². The molecule has 1 aromatic carbocycles. The number of nitrogens with two attached hydrogens (primary N) is 2. The SMILES string of the molecule is O=N[O-].[Cl][Pt][Cl].[NH-]Nc1cc([N+](=O)[O-])cc([N+](=O)[O-])c1.[NH2-].[NH2-]. The van der Waals surface area contributed by atoms with E-state index in [4.69, 9.17) is 34.8 Å². The summed E-state index contributed by atoms with van der Waals surface area (Å²) in [5.41, 5.74) is 1.02. The number of nitrogens with one attached hydrogen (secondary N) is 2. The quantitative estimate of drug-likeness (QED) is 0.313. The molecule has 0 saturated carbocycles. The van der Waals surface area contributed by atoms with Gasteiger partial charge in [0, 0.05) is 17.8 Å². The number of hydrogen-bond acceptors (Lipinski definition) is 8. The third kappa shape index (κ3) is 13.4. The van der Waals surface area contributed by atoms with Gasteiger partial charge >= 0.3 is 35.3 Å². The predicted molar refractivity (Wildman–Crippen MR) is 79.1 cm³/mol. The van der Waals surface area contributed by atoms with Crippen molar-refractivity contribution in [2.75, 3.05) is 5.43 Å². The summed E-state index contributed by atoms with van der Waals surface area (Å²) in [6.07, 6.45) is 0. The Labute approximate surface area is 139 Å². The van der Waals surface area contributed by atoms with Crippen molar-refractivity contribution < 1.29 is 26.3 Å². The smallest absolute Gasteiger partial charge is 0.278 e. The maximum absolute atomic E-state index is 10.3.